The van der Waals surface area contributed by atoms with Crippen LogP contribution in [0.2, 0.25) is 0 Å². The van der Waals surface area contributed by atoms with Crippen molar-refractivity contribution in [3.8, 4) is 0 Å². The van der Waals surface area contributed by atoms with Crippen LogP contribution in [-0.2, 0) is 9.84 Å². The van der Waals surface area contributed by atoms with E-state index in [1.165, 1.54) is 18.4 Å². The zero-order chi connectivity index (χ0) is 16.3. The molecule has 0 spiro atoms. The summed E-state index contributed by atoms with van der Waals surface area (Å²) in [6.45, 7) is 3.01. The predicted molar refractivity (Wildman–Crippen MR) is 84.8 cm³/mol. The van der Waals surface area contributed by atoms with Crippen molar-refractivity contribution in [2.24, 2.45) is 5.92 Å². The molecule has 22 heavy (non-hydrogen) atoms. The van der Waals surface area contributed by atoms with Gasteiger partial charge in [0.25, 0.3) is 0 Å². The molecule has 2 unspecified atom stereocenters. The van der Waals surface area contributed by atoms with Crippen molar-refractivity contribution >= 4 is 9.84 Å². The number of rotatable bonds is 8. The van der Waals surface area contributed by atoms with Crippen LogP contribution < -0.4 is 0 Å². The van der Waals surface area contributed by atoms with Crippen LogP contribution in [0.15, 0.2) is 24.3 Å². The maximum absolute atomic E-state index is 12.9. The molecule has 1 aliphatic rings. The Hall–Kier alpha value is -0.980. The Labute approximate surface area is 131 Å². The first-order valence-corrected chi connectivity index (χ1v) is 9.66. The molecule has 1 saturated carbocycles. The van der Waals surface area contributed by atoms with Gasteiger partial charge in [-0.15, -0.1) is 0 Å². The molecule has 124 valence electrons. The number of aliphatic hydroxyl groups is 1. The molecule has 0 aromatic heterocycles. The van der Waals surface area contributed by atoms with Crippen molar-refractivity contribution in [2.45, 2.75) is 31.9 Å². The third kappa shape index (κ3) is 5.66. The van der Waals surface area contributed by atoms with Crippen molar-refractivity contribution in [1.29, 1.82) is 0 Å². The Bertz CT molecular complexity index is 584. The average molecular weight is 329 g/mol. The van der Waals surface area contributed by atoms with Crippen LogP contribution in [0.25, 0.3) is 0 Å². The fraction of sp³-hybridized carbons (Fsp3) is 0.625. The maximum Gasteiger partial charge on any atom is 0.147 e. The largest absolute Gasteiger partial charge is 0.387 e. The van der Waals surface area contributed by atoms with Crippen LogP contribution in [0, 0.1) is 11.7 Å². The van der Waals surface area contributed by atoms with Gasteiger partial charge >= 0.3 is 0 Å². The Morgan fingerprint density at radius 2 is 1.86 bits per heavy atom. The highest BCUT2D eigenvalue weighted by Gasteiger charge is 2.31. The van der Waals surface area contributed by atoms with Gasteiger partial charge in [0.2, 0.25) is 0 Å². The third-order valence-electron chi connectivity index (χ3n) is 3.86. The van der Waals surface area contributed by atoms with Gasteiger partial charge < -0.3 is 5.11 Å². The lowest BCUT2D eigenvalue weighted by Gasteiger charge is -2.27. The lowest BCUT2D eigenvalue weighted by molar-refractivity contribution is 0.101. The zero-order valence-electron chi connectivity index (χ0n) is 13.1. The number of hydrogen-bond donors (Lipinski definition) is 1. The van der Waals surface area contributed by atoms with E-state index in [-0.39, 0.29) is 17.5 Å². The molecule has 0 amide bonds. The second kappa shape index (κ2) is 7.06. The summed E-state index contributed by atoms with van der Waals surface area (Å²) in [4.78, 5) is 2.16. The quantitative estimate of drug-likeness (QED) is 0.792. The monoisotopic (exact) mass is 329 g/mol. The summed E-state index contributed by atoms with van der Waals surface area (Å²) in [7, 11) is -2.99. The van der Waals surface area contributed by atoms with Crippen LogP contribution in [0.5, 0.6) is 0 Å². The standard InChI is InChI=1S/C16H24FNO3S/c1-12(11-22(2,20)21)9-18(15-7-8-15)10-16(19)13-3-5-14(17)6-4-13/h3-6,12,15-16,19H,7-11H2,1-2H3. The predicted octanol–water partition coefficient (Wildman–Crippen LogP) is 2.00. The summed E-state index contributed by atoms with van der Waals surface area (Å²) < 4.78 is 35.7. The Kier molecular flexibility index (Phi) is 5.58. The average Bonchev–Trinajstić information content (AvgIpc) is 3.20. The number of nitrogens with zero attached hydrogens (tertiary/aromatic N) is 1. The normalized spacial score (nSPS) is 18.4. The van der Waals surface area contributed by atoms with Crippen molar-refractivity contribution < 1.29 is 17.9 Å². The van der Waals surface area contributed by atoms with E-state index >= 15 is 0 Å². The molecule has 1 fully saturated rings. The van der Waals surface area contributed by atoms with E-state index in [4.69, 9.17) is 0 Å². The lowest BCUT2D eigenvalue weighted by Crippen LogP contribution is -2.36. The second-order valence-corrected chi connectivity index (χ2v) is 8.63. The zero-order valence-corrected chi connectivity index (χ0v) is 13.9. The molecule has 0 aliphatic heterocycles. The number of sulfone groups is 1. The molecule has 0 heterocycles. The van der Waals surface area contributed by atoms with Gasteiger partial charge in [-0.1, -0.05) is 19.1 Å². The first kappa shape index (κ1) is 17.4. The third-order valence-corrected chi connectivity index (χ3v) is 5.03. The molecule has 1 aromatic rings. The molecule has 1 aromatic carbocycles. The molecular formula is C16H24FNO3S. The van der Waals surface area contributed by atoms with E-state index in [9.17, 15) is 17.9 Å². The van der Waals surface area contributed by atoms with E-state index in [1.54, 1.807) is 12.1 Å². The molecule has 0 bridgehead atoms. The Morgan fingerprint density at radius 3 is 2.36 bits per heavy atom. The van der Waals surface area contributed by atoms with Crippen molar-refractivity contribution in [1.82, 2.24) is 4.90 Å². The summed E-state index contributed by atoms with van der Waals surface area (Å²) in [5.41, 5.74) is 0.683. The fourth-order valence-electron chi connectivity index (χ4n) is 2.79. The van der Waals surface area contributed by atoms with Gasteiger partial charge in [-0.2, -0.15) is 0 Å². The maximum atomic E-state index is 12.9. The molecule has 2 rings (SSSR count). The topological polar surface area (TPSA) is 57.6 Å². The summed E-state index contributed by atoms with van der Waals surface area (Å²) in [6.07, 6.45) is 2.73. The molecule has 1 aliphatic carbocycles. The fourth-order valence-corrected chi connectivity index (χ4v) is 3.93. The van der Waals surface area contributed by atoms with E-state index < -0.39 is 15.9 Å². The minimum absolute atomic E-state index is 0.0241. The summed E-state index contributed by atoms with van der Waals surface area (Å²) in [5, 5.41) is 10.3. The molecule has 0 saturated heterocycles. The smallest absolute Gasteiger partial charge is 0.147 e. The summed E-state index contributed by atoms with van der Waals surface area (Å²) >= 11 is 0. The number of benzene rings is 1. The van der Waals surface area contributed by atoms with Crippen LogP contribution in [-0.4, -0.2) is 49.6 Å². The molecule has 6 heteroatoms. The molecular weight excluding hydrogens is 305 g/mol. The van der Waals surface area contributed by atoms with Gasteiger partial charge in [0, 0.05) is 25.4 Å². The highest BCUT2D eigenvalue weighted by molar-refractivity contribution is 7.90. The molecule has 1 N–H and O–H groups in total. The van der Waals surface area contributed by atoms with Gasteiger partial charge in [-0.25, -0.2) is 12.8 Å². The van der Waals surface area contributed by atoms with Crippen molar-refractivity contribution in [2.75, 3.05) is 25.1 Å². The Morgan fingerprint density at radius 1 is 1.27 bits per heavy atom. The van der Waals surface area contributed by atoms with Crippen LogP contribution >= 0.6 is 0 Å². The SMILES string of the molecule is CC(CN(CC(O)c1ccc(F)cc1)C1CC1)CS(C)(=O)=O. The van der Waals surface area contributed by atoms with E-state index in [1.807, 2.05) is 6.92 Å². The summed E-state index contributed by atoms with van der Waals surface area (Å²) in [6, 6.07) is 6.28. The van der Waals surface area contributed by atoms with Gasteiger partial charge in [0.1, 0.15) is 15.7 Å². The highest BCUT2D eigenvalue weighted by Crippen LogP contribution is 2.29. The van der Waals surface area contributed by atoms with Crippen LogP contribution in [0.1, 0.15) is 31.4 Å². The van der Waals surface area contributed by atoms with Gasteiger partial charge in [-0.3, -0.25) is 4.90 Å². The molecule has 0 radical (unpaired) electrons. The molecule has 4 nitrogen and oxygen atoms in total. The second-order valence-electron chi connectivity index (χ2n) is 6.45. The van der Waals surface area contributed by atoms with Crippen molar-refractivity contribution in [3.63, 3.8) is 0 Å². The summed E-state index contributed by atoms with van der Waals surface area (Å²) in [5.74, 6) is -0.143. The van der Waals surface area contributed by atoms with Gasteiger partial charge in [0.15, 0.2) is 0 Å². The van der Waals surface area contributed by atoms with Gasteiger partial charge in [-0.05, 0) is 36.5 Å². The van der Waals surface area contributed by atoms with E-state index in [0.29, 0.717) is 24.7 Å². The number of halogens is 1. The number of hydrogen-bond acceptors (Lipinski definition) is 4. The lowest BCUT2D eigenvalue weighted by atomic mass is 10.1. The molecule has 2 atom stereocenters. The van der Waals surface area contributed by atoms with Crippen LogP contribution in [0.3, 0.4) is 0 Å². The Balaban J connectivity index is 1.95. The van der Waals surface area contributed by atoms with E-state index in [0.717, 1.165) is 12.8 Å². The first-order chi connectivity index (χ1) is 10.2. The van der Waals surface area contributed by atoms with Crippen LogP contribution in [0.4, 0.5) is 4.39 Å². The minimum atomic E-state index is -2.99. The highest BCUT2D eigenvalue weighted by atomic mass is 32.2. The van der Waals surface area contributed by atoms with Gasteiger partial charge in [0.05, 0.1) is 11.9 Å². The first-order valence-electron chi connectivity index (χ1n) is 7.60. The van der Waals surface area contributed by atoms with E-state index in [2.05, 4.69) is 4.90 Å². The minimum Gasteiger partial charge on any atom is -0.387 e. The number of aliphatic hydroxyl groups excluding tert-OH is 1. The van der Waals surface area contributed by atoms with Crippen molar-refractivity contribution in [3.05, 3.63) is 35.6 Å².